The van der Waals surface area contributed by atoms with Gasteiger partial charge in [0.15, 0.2) is 0 Å². The first-order chi connectivity index (χ1) is 5.79. The molecule has 0 saturated heterocycles. The van der Waals surface area contributed by atoms with Gasteiger partial charge in [0, 0.05) is 11.7 Å². The van der Waals surface area contributed by atoms with E-state index in [1.807, 2.05) is 6.07 Å². The van der Waals surface area contributed by atoms with Crippen molar-refractivity contribution in [2.24, 2.45) is 0 Å². The summed E-state index contributed by atoms with van der Waals surface area (Å²) in [6, 6.07) is 6.74. The Bertz CT molecular complexity index is 296. The minimum Gasteiger partial charge on any atom is -0.497 e. The van der Waals surface area contributed by atoms with Gasteiger partial charge in [0.1, 0.15) is 5.75 Å². The van der Waals surface area contributed by atoms with Crippen molar-refractivity contribution in [3.05, 3.63) is 23.8 Å². The summed E-state index contributed by atoms with van der Waals surface area (Å²) in [6.07, 6.45) is 1.10. The molecule has 1 atom stereocenters. The fourth-order valence-electron chi connectivity index (χ4n) is 1.65. The largest absolute Gasteiger partial charge is 0.497 e. The van der Waals surface area contributed by atoms with E-state index in [0.717, 1.165) is 12.2 Å². The maximum absolute atomic E-state index is 5.15. The SMILES string of the molecule is COc1ccc2c(c1)C[C@@H](C)N2. The number of hydrogen-bond donors (Lipinski definition) is 1. The number of rotatable bonds is 1. The van der Waals surface area contributed by atoms with Crippen LogP contribution in [-0.4, -0.2) is 13.2 Å². The standard InChI is InChI=1S/C10H13NO/c1-7-5-8-6-9(12-2)3-4-10(8)11-7/h3-4,6-7,11H,5H2,1-2H3/t7-/m1/s1. The van der Waals surface area contributed by atoms with Crippen LogP contribution in [0.4, 0.5) is 5.69 Å². The Morgan fingerprint density at radius 1 is 1.50 bits per heavy atom. The molecule has 1 aliphatic rings. The van der Waals surface area contributed by atoms with Crippen molar-refractivity contribution < 1.29 is 4.74 Å². The Balaban J connectivity index is 2.35. The first-order valence-corrected chi connectivity index (χ1v) is 4.23. The van der Waals surface area contributed by atoms with E-state index in [0.29, 0.717) is 6.04 Å². The van der Waals surface area contributed by atoms with Crippen LogP contribution in [0.2, 0.25) is 0 Å². The second-order valence-electron chi connectivity index (χ2n) is 3.27. The summed E-state index contributed by atoms with van der Waals surface area (Å²) < 4.78 is 5.15. The molecule has 2 nitrogen and oxygen atoms in total. The molecule has 64 valence electrons. The molecule has 0 unspecified atom stereocenters. The summed E-state index contributed by atoms with van der Waals surface area (Å²) in [5.74, 6) is 0.949. The monoisotopic (exact) mass is 163 g/mol. The van der Waals surface area contributed by atoms with Crippen molar-refractivity contribution >= 4 is 5.69 Å². The molecule has 1 aliphatic heterocycles. The molecular weight excluding hydrogens is 150 g/mol. The fraction of sp³-hybridized carbons (Fsp3) is 0.400. The maximum atomic E-state index is 5.15. The molecule has 1 heterocycles. The summed E-state index contributed by atoms with van der Waals surface area (Å²) in [5, 5.41) is 3.39. The van der Waals surface area contributed by atoms with Gasteiger partial charge in [0.2, 0.25) is 0 Å². The summed E-state index contributed by atoms with van der Waals surface area (Å²) >= 11 is 0. The lowest BCUT2D eigenvalue weighted by Gasteiger charge is -2.03. The Morgan fingerprint density at radius 3 is 3.08 bits per heavy atom. The summed E-state index contributed by atoms with van der Waals surface area (Å²) in [6.45, 7) is 2.19. The second kappa shape index (κ2) is 2.70. The van der Waals surface area contributed by atoms with Crippen molar-refractivity contribution in [2.75, 3.05) is 12.4 Å². The van der Waals surface area contributed by atoms with Crippen molar-refractivity contribution in [2.45, 2.75) is 19.4 Å². The first-order valence-electron chi connectivity index (χ1n) is 4.23. The van der Waals surface area contributed by atoms with Gasteiger partial charge in [0.05, 0.1) is 7.11 Å². The third kappa shape index (κ3) is 1.13. The number of benzene rings is 1. The van der Waals surface area contributed by atoms with Crippen LogP contribution < -0.4 is 10.1 Å². The van der Waals surface area contributed by atoms with Gasteiger partial charge in [-0.3, -0.25) is 0 Å². The highest BCUT2D eigenvalue weighted by Gasteiger charge is 2.16. The van der Waals surface area contributed by atoms with Gasteiger partial charge < -0.3 is 10.1 Å². The highest BCUT2D eigenvalue weighted by molar-refractivity contribution is 5.58. The van der Waals surface area contributed by atoms with Crippen LogP contribution in [0, 0.1) is 0 Å². The van der Waals surface area contributed by atoms with Gasteiger partial charge in [0.25, 0.3) is 0 Å². The van der Waals surface area contributed by atoms with Crippen molar-refractivity contribution in [3.8, 4) is 5.75 Å². The van der Waals surface area contributed by atoms with Gasteiger partial charge in [-0.05, 0) is 37.1 Å². The summed E-state index contributed by atoms with van der Waals surface area (Å²) in [7, 11) is 1.70. The molecule has 0 aromatic heterocycles. The van der Waals surface area contributed by atoms with Crippen LogP contribution in [0.1, 0.15) is 12.5 Å². The first kappa shape index (κ1) is 7.47. The Labute approximate surface area is 72.5 Å². The quantitative estimate of drug-likeness (QED) is 0.684. The number of hydrogen-bond acceptors (Lipinski definition) is 2. The average molecular weight is 163 g/mol. The molecule has 0 spiro atoms. The zero-order chi connectivity index (χ0) is 8.55. The van der Waals surface area contributed by atoms with E-state index in [1.54, 1.807) is 7.11 Å². The van der Waals surface area contributed by atoms with E-state index in [9.17, 15) is 0 Å². The number of anilines is 1. The zero-order valence-corrected chi connectivity index (χ0v) is 7.42. The zero-order valence-electron chi connectivity index (χ0n) is 7.42. The predicted molar refractivity (Wildman–Crippen MR) is 49.8 cm³/mol. The second-order valence-corrected chi connectivity index (χ2v) is 3.27. The van der Waals surface area contributed by atoms with Crippen LogP contribution in [0.25, 0.3) is 0 Å². The number of ether oxygens (including phenoxy) is 1. The molecule has 1 N–H and O–H groups in total. The molecule has 0 aliphatic carbocycles. The van der Waals surface area contributed by atoms with E-state index in [4.69, 9.17) is 4.74 Å². The van der Waals surface area contributed by atoms with Crippen LogP contribution in [0.3, 0.4) is 0 Å². The third-order valence-electron chi connectivity index (χ3n) is 2.24. The molecule has 2 rings (SSSR count). The third-order valence-corrected chi connectivity index (χ3v) is 2.24. The van der Waals surface area contributed by atoms with Gasteiger partial charge >= 0.3 is 0 Å². The summed E-state index contributed by atoms with van der Waals surface area (Å²) in [5.41, 5.74) is 2.62. The average Bonchev–Trinajstić information content (AvgIpc) is 2.43. The van der Waals surface area contributed by atoms with Crippen LogP contribution >= 0.6 is 0 Å². The highest BCUT2D eigenvalue weighted by atomic mass is 16.5. The van der Waals surface area contributed by atoms with Gasteiger partial charge in [-0.1, -0.05) is 0 Å². The number of fused-ring (bicyclic) bond motifs is 1. The Kier molecular flexibility index (Phi) is 1.68. The molecule has 0 bridgehead atoms. The summed E-state index contributed by atoms with van der Waals surface area (Å²) in [4.78, 5) is 0. The van der Waals surface area contributed by atoms with Gasteiger partial charge in [-0.15, -0.1) is 0 Å². The minimum absolute atomic E-state index is 0.562. The molecule has 1 aromatic carbocycles. The van der Waals surface area contributed by atoms with E-state index < -0.39 is 0 Å². The molecule has 12 heavy (non-hydrogen) atoms. The van der Waals surface area contributed by atoms with Crippen LogP contribution in [-0.2, 0) is 6.42 Å². The molecule has 1 aromatic rings. The molecular formula is C10H13NO. The van der Waals surface area contributed by atoms with Crippen molar-refractivity contribution in [1.29, 1.82) is 0 Å². The molecule has 2 heteroatoms. The Morgan fingerprint density at radius 2 is 2.33 bits per heavy atom. The lowest BCUT2D eigenvalue weighted by atomic mass is 10.1. The predicted octanol–water partition coefficient (Wildman–Crippen LogP) is 2.05. The van der Waals surface area contributed by atoms with E-state index in [1.165, 1.54) is 11.3 Å². The normalized spacial score (nSPS) is 20.0. The lowest BCUT2D eigenvalue weighted by Crippen LogP contribution is -2.08. The van der Waals surface area contributed by atoms with E-state index in [2.05, 4.69) is 24.4 Å². The van der Waals surface area contributed by atoms with Gasteiger partial charge in [-0.25, -0.2) is 0 Å². The smallest absolute Gasteiger partial charge is 0.119 e. The topological polar surface area (TPSA) is 21.3 Å². The molecule has 0 fully saturated rings. The number of methoxy groups -OCH3 is 1. The minimum atomic E-state index is 0.562. The van der Waals surface area contributed by atoms with E-state index >= 15 is 0 Å². The van der Waals surface area contributed by atoms with Crippen LogP contribution in [0.5, 0.6) is 5.75 Å². The Hall–Kier alpha value is -1.18. The van der Waals surface area contributed by atoms with Crippen LogP contribution in [0.15, 0.2) is 18.2 Å². The lowest BCUT2D eigenvalue weighted by molar-refractivity contribution is 0.414. The molecule has 0 radical (unpaired) electrons. The van der Waals surface area contributed by atoms with E-state index in [-0.39, 0.29) is 0 Å². The fourth-order valence-corrected chi connectivity index (χ4v) is 1.65. The number of nitrogens with one attached hydrogen (secondary N) is 1. The maximum Gasteiger partial charge on any atom is 0.119 e. The van der Waals surface area contributed by atoms with Crippen molar-refractivity contribution in [1.82, 2.24) is 0 Å². The molecule has 0 amide bonds. The van der Waals surface area contributed by atoms with Crippen molar-refractivity contribution in [3.63, 3.8) is 0 Å². The highest BCUT2D eigenvalue weighted by Crippen LogP contribution is 2.28. The van der Waals surface area contributed by atoms with Gasteiger partial charge in [-0.2, -0.15) is 0 Å². The molecule has 0 saturated carbocycles.